The number of anilines is 2. The molecule has 2 aromatic rings. The summed E-state index contributed by atoms with van der Waals surface area (Å²) in [6.07, 6.45) is 4.32. The zero-order valence-corrected chi connectivity index (χ0v) is 19.3. The van der Waals surface area contributed by atoms with Crippen LogP contribution in [0.2, 0.25) is 0 Å². The number of hydrogen-bond acceptors (Lipinski definition) is 6. The summed E-state index contributed by atoms with van der Waals surface area (Å²) in [4.78, 5) is 21.5. The highest BCUT2D eigenvalue weighted by molar-refractivity contribution is 7.90. The molecule has 33 heavy (non-hydrogen) atoms. The third kappa shape index (κ3) is 4.30. The van der Waals surface area contributed by atoms with Gasteiger partial charge in [-0.2, -0.15) is 0 Å². The Hall–Kier alpha value is -2.68. The van der Waals surface area contributed by atoms with E-state index in [1.807, 2.05) is 13.0 Å². The number of sulfone groups is 1. The van der Waals surface area contributed by atoms with Gasteiger partial charge in [-0.15, -0.1) is 0 Å². The molecule has 1 unspecified atom stereocenters. The van der Waals surface area contributed by atoms with Crippen LogP contribution in [0.25, 0.3) is 0 Å². The summed E-state index contributed by atoms with van der Waals surface area (Å²) in [5.41, 5.74) is 4.39. The van der Waals surface area contributed by atoms with Crippen molar-refractivity contribution in [2.24, 2.45) is 10.9 Å². The van der Waals surface area contributed by atoms with E-state index in [0.717, 1.165) is 30.5 Å². The van der Waals surface area contributed by atoms with Crippen LogP contribution in [-0.2, 0) is 27.5 Å². The number of nitrogens with zero attached hydrogens (tertiary/aromatic N) is 2. The number of hydrogen-bond donors (Lipinski definition) is 1. The number of fused-ring (bicyclic) bond motifs is 1. The first-order valence-electron chi connectivity index (χ1n) is 11.1. The quantitative estimate of drug-likeness (QED) is 0.617. The maximum Gasteiger partial charge on any atom is 0.258 e. The van der Waals surface area contributed by atoms with E-state index >= 15 is 0 Å². The van der Waals surface area contributed by atoms with Gasteiger partial charge in [-0.05, 0) is 49.4 Å². The van der Waals surface area contributed by atoms with Gasteiger partial charge < -0.3 is 5.32 Å². The molecule has 1 aliphatic heterocycles. The molecule has 2 heterocycles. The molecular formula is C24H25F2N3O3S. The molecular weight excluding hydrogens is 448 g/mol. The number of halogens is 2. The highest BCUT2D eigenvalue weighted by Crippen LogP contribution is 2.49. The number of nitrogens with one attached hydrogen (secondary N) is 1. The maximum atomic E-state index is 13.3. The predicted molar refractivity (Wildman–Crippen MR) is 122 cm³/mol. The van der Waals surface area contributed by atoms with E-state index < -0.39 is 33.9 Å². The van der Waals surface area contributed by atoms with Crippen molar-refractivity contribution in [3.63, 3.8) is 0 Å². The van der Waals surface area contributed by atoms with Gasteiger partial charge in [0.05, 0.1) is 33.6 Å². The topological polar surface area (TPSA) is 88.5 Å². The van der Waals surface area contributed by atoms with E-state index in [1.54, 1.807) is 18.2 Å². The molecule has 6 nitrogen and oxygen atoms in total. The van der Waals surface area contributed by atoms with Crippen LogP contribution >= 0.6 is 0 Å². The number of Topliss-reactive ketones (excluding diaryl/α,β-unsaturated/α-hetero) is 1. The Morgan fingerprint density at radius 2 is 1.94 bits per heavy atom. The summed E-state index contributed by atoms with van der Waals surface area (Å²) < 4.78 is 51.8. The average molecular weight is 474 g/mol. The summed E-state index contributed by atoms with van der Waals surface area (Å²) in [5, 5.41) is 3.19. The fraction of sp³-hybridized carbons (Fsp3) is 0.458. The Bertz CT molecular complexity index is 1300. The van der Waals surface area contributed by atoms with Gasteiger partial charge in [-0.3, -0.25) is 14.8 Å². The van der Waals surface area contributed by atoms with Crippen LogP contribution < -0.4 is 5.32 Å². The van der Waals surface area contributed by atoms with E-state index in [1.165, 1.54) is 6.26 Å². The molecule has 0 radical (unpaired) electrons. The molecule has 0 bridgehead atoms. The minimum Gasteiger partial charge on any atom is -0.353 e. The van der Waals surface area contributed by atoms with Gasteiger partial charge in [-0.1, -0.05) is 12.5 Å². The second kappa shape index (κ2) is 7.68. The van der Waals surface area contributed by atoms with Gasteiger partial charge in [0.25, 0.3) is 5.92 Å². The summed E-state index contributed by atoms with van der Waals surface area (Å²) in [6, 6.07) is 7.05. The van der Waals surface area contributed by atoms with Crippen LogP contribution in [0.15, 0.2) is 34.2 Å². The van der Waals surface area contributed by atoms with Gasteiger partial charge in [0.15, 0.2) is 9.84 Å². The van der Waals surface area contributed by atoms with Gasteiger partial charge in [0, 0.05) is 31.2 Å². The number of carbonyl (C=O) groups is 1. The molecule has 1 aromatic carbocycles. The van der Waals surface area contributed by atoms with E-state index in [2.05, 4.69) is 15.3 Å². The first-order chi connectivity index (χ1) is 15.5. The maximum absolute atomic E-state index is 13.3. The second-order valence-electron chi connectivity index (χ2n) is 9.42. The number of ketones is 1. The van der Waals surface area contributed by atoms with Crippen LogP contribution in [0.1, 0.15) is 55.5 Å². The molecule has 0 spiro atoms. The Kier molecular flexibility index (Phi) is 5.15. The van der Waals surface area contributed by atoms with Gasteiger partial charge in [0.2, 0.25) is 0 Å². The van der Waals surface area contributed by atoms with E-state index in [4.69, 9.17) is 0 Å². The van der Waals surface area contributed by atoms with Crippen molar-refractivity contribution in [2.45, 2.75) is 62.2 Å². The molecule has 1 N–H and O–H groups in total. The molecule has 1 atom stereocenters. The molecule has 5 rings (SSSR count). The number of aromatic nitrogens is 1. The van der Waals surface area contributed by atoms with Crippen LogP contribution in [-0.4, -0.2) is 37.1 Å². The molecule has 0 amide bonds. The summed E-state index contributed by atoms with van der Waals surface area (Å²) in [7, 11) is -3.52. The lowest BCUT2D eigenvalue weighted by Gasteiger charge is -2.26. The summed E-state index contributed by atoms with van der Waals surface area (Å²) in [5.74, 6) is -4.30. The third-order valence-electron chi connectivity index (χ3n) is 6.66. The second-order valence-corrected chi connectivity index (χ2v) is 11.4. The Balaban J connectivity index is 1.50. The average Bonchev–Trinajstić information content (AvgIpc) is 3.14. The van der Waals surface area contributed by atoms with Crippen LogP contribution in [0.3, 0.4) is 0 Å². The highest BCUT2D eigenvalue weighted by atomic mass is 32.2. The summed E-state index contributed by atoms with van der Waals surface area (Å²) in [6.45, 7) is 1.86. The Labute approximate surface area is 191 Å². The third-order valence-corrected chi connectivity index (χ3v) is 7.80. The fourth-order valence-corrected chi connectivity index (χ4v) is 5.38. The lowest BCUT2D eigenvalue weighted by molar-refractivity contribution is -0.121. The lowest BCUT2D eigenvalue weighted by Crippen LogP contribution is -2.13. The Morgan fingerprint density at radius 3 is 2.55 bits per heavy atom. The van der Waals surface area contributed by atoms with Crippen molar-refractivity contribution in [2.75, 3.05) is 11.6 Å². The van der Waals surface area contributed by atoms with Crippen molar-refractivity contribution in [1.82, 2.24) is 4.98 Å². The molecule has 2 saturated carbocycles. The van der Waals surface area contributed by atoms with Crippen molar-refractivity contribution < 1.29 is 22.0 Å². The van der Waals surface area contributed by atoms with Gasteiger partial charge in [-0.25, -0.2) is 17.2 Å². The molecule has 2 aliphatic carbocycles. The van der Waals surface area contributed by atoms with Crippen molar-refractivity contribution in [1.29, 1.82) is 0 Å². The molecule has 174 valence electrons. The normalized spacial score (nSPS) is 21.2. The van der Waals surface area contributed by atoms with E-state index in [9.17, 15) is 22.0 Å². The number of alkyl halides is 2. The number of carbonyl (C=O) groups excluding carboxylic acids is 1. The summed E-state index contributed by atoms with van der Waals surface area (Å²) >= 11 is 0. The van der Waals surface area contributed by atoms with Crippen molar-refractivity contribution in [3.05, 3.63) is 41.2 Å². The van der Waals surface area contributed by atoms with Crippen LogP contribution in [0.4, 0.5) is 25.8 Å². The first kappa shape index (κ1) is 22.1. The molecule has 0 saturated heterocycles. The molecule has 2 fully saturated rings. The molecule has 1 aromatic heterocycles. The van der Waals surface area contributed by atoms with Gasteiger partial charge in [0.1, 0.15) is 11.5 Å². The SMILES string of the molecule is CC1=Nc2c(Nc3ccc(C4CCC4)cc3S(C)(=O)=O)cc(CC(=O)C3CC3(F)F)nc2C1. The number of aliphatic imine (C=N–C) groups is 1. The van der Waals surface area contributed by atoms with Crippen molar-refractivity contribution in [3.8, 4) is 0 Å². The monoisotopic (exact) mass is 473 g/mol. The number of benzene rings is 1. The van der Waals surface area contributed by atoms with Crippen LogP contribution in [0.5, 0.6) is 0 Å². The largest absolute Gasteiger partial charge is 0.353 e. The van der Waals surface area contributed by atoms with Gasteiger partial charge >= 0.3 is 0 Å². The standard InChI is InChI=1S/C24H25F2N3O3S/c1-13-8-19-23(27-13)20(10-16(28-19)11-21(30)17-12-24(17,25)26)29-18-7-6-15(14-4-3-5-14)9-22(18)33(2,31)32/h6-7,9-10,14,17H,3-5,8,11-12H2,1-2H3,(H,28,29). The highest BCUT2D eigenvalue weighted by Gasteiger charge is 2.60. The zero-order chi connectivity index (χ0) is 23.5. The number of rotatable bonds is 7. The van der Waals surface area contributed by atoms with E-state index in [0.29, 0.717) is 40.8 Å². The fourth-order valence-electron chi connectivity index (χ4n) is 4.51. The predicted octanol–water partition coefficient (Wildman–Crippen LogP) is 4.91. The zero-order valence-electron chi connectivity index (χ0n) is 18.5. The number of pyridine rings is 1. The Morgan fingerprint density at radius 1 is 1.21 bits per heavy atom. The van der Waals surface area contributed by atoms with Crippen molar-refractivity contribution >= 4 is 38.4 Å². The minimum atomic E-state index is -3.52. The molecule has 3 aliphatic rings. The molecule has 9 heteroatoms. The minimum absolute atomic E-state index is 0.194. The first-order valence-corrected chi connectivity index (χ1v) is 13.0. The lowest BCUT2D eigenvalue weighted by atomic mass is 9.80. The smallest absolute Gasteiger partial charge is 0.258 e. The van der Waals surface area contributed by atoms with E-state index in [-0.39, 0.29) is 11.3 Å². The van der Waals surface area contributed by atoms with Crippen LogP contribution in [0, 0.1) is 5.92 Å².